The average Bonchev–Trinajstić information content (AvgIpc) is 2.64. The molecule has 1 N–H and O–H groups in total. The largest absolute Gasteiger partial charge is 0.497 e. The van der Waals surface area contributed by atoms with Gasteiger partial charge in [-0.25, -0.2) is 8.42 Å². The fourth-order valence-electron chi connectivity index (χ4n) is 2.51. The standard InChI is InChI=1S/C19H23ClN2O4S/c1-26-18-11-5-15(6-12-18)14-21-19(23)4-3-13-22(27(2,24)25)17-9-7-16(20)8-10-17/h5-12H,3-4,13-14H2,1-2H3,(H,21,23). The van der Waals surface area contributed by atoms with E-state index in [1.807, 2.05) is 24.3 Å². The molecule has 146 valence electrons. The number of ether oxygens (including phenoxy) is 1. The second kappa shape index (κ2) is 9.62. The van der Waals surface area contributed by atoms with Crippen LogP contribution in [0.1, 0.15) is 18.4 Å². The van der Waals surface area contributed by atoms with E-state index in [4.69, 9.17) is 16.3 Å². The smallest absolute Gasteiger partial charge is 0.232 e. The lowest BCUT2D eigenvalue weighted by Crippen LogP contribution is -2.32. The molecule has 0 aliphatic heterocycles. The number of methoxy groups -OCH3 is 1. The second-order valence-corrected chi connectivity index (χ2v) is 8.38. The predicted octanol–water partition coefficient (Wildman–Crippen LogP) is 3.21. The van der Waals surface area contributed by atoms with Crippen molar-refractivity contribution in [3.63, 3.8) is 0 Å². The molecule has 0 aromatic heterocycles. The number of nitrogens with zero attached hydrogens (tertiary/aromatic N) is 1. The zero-order chi connectivity index (χ0) is 19.9. The minimum atomic E-state index is -3.44. The van der Waals surface area contributed by atoms with Gasteiger partial charge in [-0.3, -0.25) is 9.10 Å². The van der Waals surface area contributed by atoms with Gasteiger partial charge in [-0.15, -0.1) is 0 Å². The van der Waals surface area contributed by atoms with Crippen LogP contribution < -0.4 is 14.4 Å². The Balaban J connectivity index is 1.84. The van der Waals surface area contributed by atoms with Crippen molar-refractivity contribution in [2.24, 2.45) is 0 Å². The second-order valence-electron chi connectivity index (χ2n) is 6.04. The topological polar surface area (TPSA) is 75.7 Å². The van der Waals surface area contributed by atoms with Crippen LogP contribution in [0.3, 0.4) is 0 Å². The van der Waals surface area contributed by atoms with E-state index in [1.54, 1.807) is 31.4 Å². The van der Waals surface area contributed by atoms with Crippen LogP contribution in [0.15, 0.2) is 48.5 Å². The Morgan fingerprint density at radius 2 is 1.74 bits per heavy atom. The summed E-state index contributed by atoms with van der Waals surface area (Å²) in [5.74, 6) is 0.628. The summed E-state index contributed by atoms with van der Waals surface area (Å²) in [5.41, 5.74) is 1.49. The van der Waals surface area contributed by atoms with E-state index in [0.29, 0.717) is 23.7 Å². The molecule has 27 heavy (non-hydrogen) atoms. The first-order valence-corrected chi connectivity index (χ1v) is 10.6. The summed E-state index contributed by atoms with van der Waals surface area (Å²) in [6.07, 6.45) is 1.78. The first-order valence-electron chi connectivity index (χ1n) is 8.42. The van der Waals surface area contributed by atoms with Gasteiger partial charge in [-0.05, 0) is 48.4 Å². The molecule has 1 amide bonds. The van der Waals surface area contributed by atoms with Crippen molar-refractivity contribution in [2.75, 3.05) is 24.2 Å². The first-order chi connectivity index (χ1) is 12.8. The molecule has 0 radical (unpaired) electrons. The number of hydrogen-bond acceptors (Lipinski definition) is 4. The summed E-state index contributed by atoms with van der Waals surface area (Å²) in [6, 6.07) is 14.0. The molecule has 6 nitrogen and oxygen atoms in total. The van der Waals surface area contributed by atoms with Crippen LogP contribution in [0, 0.1) is 0 Å². The first kappa shape index (κ1) is 21.1. The highest BCUT2D eigenvalue weighted by atomic mass is 35.5. The molecule has 0 spiro atoms. The molecule has 2 rings (SSSR count). The van der Waals surface area contributed by atoms with Crippen LogP contribution in [0.2, 0.25) is 5.02 Å². The van der Waals surface area contributed by atoms with Gasteiger partial charge in [0.2, 0.25) is 15.9 Å². The van der Waals surface area contributed by atoms with Gasteiger partial charge in [0.05, 0.1) is 19.1 Å². The summed E-state index contributed by atoms with van der Waals surface area (Å²) in [5, 5.41) is 3.36. The minimum absolute atomic E-state index is 0.129. The third-order valence-corrected chi connectivity index (χ3v) is 5.37. The Hall–Kier alpha value is -2.25. The van der Waals surface area contributed by atoms with Crippen molar-refractivity contribution >= 4 is 33.2 Å². The van der Waals surface area contributed by atoms with E-state index < -0.39 is 10.0 Å². The number of nitrogens with one attached hydrogen (secondary N) is 1. The van der Waals surface area contributed by atoms with E-state index in [-0.39, 0.29) is 18.9 Å². The molecule has 2 aromatic carbocycles. The monoisotopic (exact) mass is 410 g/mol. The van der Waals surface area contributed by atoms with Gasteiger partial charge in [0.1, 0.15) is 5.75 Å². The molecule has 0 saturated carbocycles. The lowest BCUT2D eigenvalue weighted by molar-refractivity contribution is -0.121. The predicted molar refractivity (Wildman–Crippen MR) is 108 cm³/mol. The Bertz CT molecular complexity index is 852. The van der Waals surface area contributed by atoms with Gasteiger partial charge in [0, 0.05) is 24.5 Å². The third-order valence-electron chi connectivity index (χ3n) is 3.93. The molecule has 0 aliphatic carbocycles. The molecule has 0 aliphatic rings. The number of carbonyl (C=O) groups excluding carboxylic acids is 1. The minimum Gasteiger partial charge on any atom is -0.497 e. The summed E-state index contributed by atoms with van der Waals surface area (Å²) < 4.78 is 30.4. The van der Waals surface area contributed by atoms with E-state index in [1.165, 1.54) is 4.31 Å². The zero-order valence-electron chi connectivity index (χ0n) is 15.3. The van der Waals surface area contributed by atoms with Gasteiger partial charge < -0.3 is 10.1 Å². The molecule has 0 saturated heterocycles. The Kier molecular flexibility index (Phi) is 7.50. The fourth-order valence-corrected chi connectivity index (χ4v) is 3.60. The fraction of sp³-hybridized carbons (Fsp3) is 0.316. The quantitative estimate of drug-likeness (QED) is 0.688. The van der Waals surface area contributed by atoms with E-state index in [2.05, 4.69) is 5.32 Å². The lowest BCUT2D eigenvalue weighted by atomic mass is 10.2. The van der Waals surface area contributed by atoms with Gasteiger partial charge in [-0.2, -0.15) is 0 Å². The van der Waals surface area contributed by atoms with Crippen molar-refractivity contribution in [1.82, 2.24) is 5.32 Å². The van der Waals surface area contributed by atoms with Gasteiger partial charge >= 0.3 is 0 Å². The van der Waals surface area contributed by atoms with Crippen LogP contribution in [0.4, 0.5) is 5.69 Å². The number of halogens is 1. The number of sulfonamides is 1. The lowest BCUT2D eigenvalue weighted by Gasteiger charge is -2.22. The average molecular weight is 411 g/mol. The number of benzene rings is 2. The van der Waals surface area contributed by atoms with Crippen LogP contribution in [-0.2, 0) is 21.4 Å². The van der Waals surface area contributed by atoms with Crippen LogP contribution >= 0.6 is 11.6 Å². The highest BCUT2D eigenvalue weighted by molar-refractivity contribution is 7.92. The van der Waals surface area contributed by atoms with Gasteiger partial charge in [0.25, 0.3) is 0 Å². The molecule has 0 bridgehead atoms. The number of carbonyl (C=O) groups is 1. The third kappa shape index (κ3) is 6.77. The van der Waals surface area contributed by atoms with E-state index in [9.17, 15) is 13.2 Å². The highest BCUT2D eigenvalue weighted by Gasteiger charge is 2.17. The molecular formula is C19H23ClN2O4S. The number of amides is 1. The van der Waals surface area contributed by atoms with Crippen LogP contribution in [0.5, 0.6) is 5.75 Å². The Morgan fingerprint density at radius 1 is 1.11 bits per heavy atom. The molecule has 8 heteroatoms. The van der Waals surface area contributed by atoms with Crippen LogP contribution in [0.25, 0.3) is 0 Å². The van der Waals surface area contributed by atoms with Gasteiger partial charge in [-0.1, -0.05) is 23.7 Å². The maximum Gasteiger partial charge on any atom is 0.232 e. The Labute approximate surface area is 165 Å². The van der Waals surface area contributed by atoms with Crippen LogP contribution in [-0.4, -0.2) is 34.2 Å². The van der Waals surface area contributed by atoms with Crippen molar-refractivity contribution in [1.29, 1.82) is 0 Å². The van der Waals surface area contributed by atoms with Crippen molar-refractivity contribution in [2.45, 2.75) is 19.4 Å². The Morgan fingerprint density at radius 3 is 2.30 bits per heavy atom. The summed E-state index contributed by atoms with van der Waals surface area (Å²) in [6.45, 7) is 0.631. The van der Waals surface area contributed by atoms with Crippen molar-refractivity contribution in [3.05, 3.63) is 59.1 Å². The normalized spacial score (nSPS) is 11.1. The molecule has 0 heterocycles. The molecular weight excluding hydrogens is 388 g/mol. The van der Waals surface area contributed by atoms with E-state index in [0.717, 1.165) is 17.6 Å². The molecule has 0 fully saturated rings. The van der Waals surface area contributed by atoms with Gasteiger partial charge in [0.15, 0.2) is 0 Å². The molecule has 0 unspecified atom stereocenters. The summed E-state index contributed by atoms with van der Waals surface area (Å²) >= 11 is 5.85. The highest BCUT2D eigenvalue weighted by Crippen LogP contribution is 2.21. The number of hydrogen-bond donors (Lipinski definition) is 1. The number of anilines is 1. The van der Waals surface area contributed by atoms with Crippen molar-refractivity contribution < 1.29 is 17.9 Å². The zero-order valence-corrected chi connectivity index (χ0v) is 16.9. The maximum atomic E-state index is 12.0. The molecule has 2 aromatic rings. The van der Waals surface area contributed by atoms with Crippen molar-refractivity contribution in [3.8, 4) is 5.75 Å². The maximum absolute atomic E-state index is 12.0. The van der Waals surface area contributed by atoms with E-state index >= 15 is 0 Å². The number of rotatable bonds is 9. The SMILES string of the molecule is COc1ccc(CNC(=O)CCCN(c2ccc(Cl)cc2)S(C)(=O)=O)cc1. The molecule has 0 atom stereocenters. The summed E-state index contributed by atoms with van der Waals surface area (Å²) in [7, 11) is -1.85. The summed E-state index contributed by atoms with van der Waals surface area (Å²) in [4.78, 5) is 12.0.